The number of aryl methyl sites for hydroxylation is 1. The molecule has 25 heavy (non-hydrogen) atoms. The summed E-state index contributed by atoms with van der Waals surface area (Å²) in [6.45, 7) is 2.04. The summed E-state index contributed by atoms with van der Waals surface area (Å²) in [6, 6.07) is 12.0. The Hall–Kier alpha value is -3.42. The number of rotatable bonds is 7. The Bertz CT molecular complexity index is 788. The first-order valence-corrected chi connectivity index (χ1v) is 7.44. The molecule has 0 saturated carbocycles. The van der Waals surface area contributed by atoms with E-state index in [1.165, 1.54) is 25.5 Å². The van der Waals surface area contributed by atoms with Gasteiger partial charge in [0.25, 0.3) is 5.91 Å². The number of methoxy groups -OCH3 is 1. The average molecular weight is 342 g/mol. The van der Waals surface area contributed by atoms with Crippen LogP contribution in [0, 0.1) is 17.0 Å². The lowest BCUT2D eigenvalue weighted by Gasteiger charge is -2.05. The van der Waals surface area contributed by atoms with Crippen LogP contribution in [0.2, 0.25) is 0 Å². The first-order valence-electron chi connectivity index (χ1n) is 7.44. The molecular weight excluding hydrogens is 324 g/mol. The third-order valence-corrected chi connectivity index (χ3v) is 3.31. The minimum absolute atomic E-state index is 0.0587. The Labute approximate surface area is 144 Å². The molecule has 0 aliphatic carbocycles. The minimum atomic E-state index is -0.541. The lowest BCUT2D eigenvalue weighted by molar-refractivity contribution is -0.385. The van der Waals surface area contributed by atoms with Gasteiger partial charge in [0.05, 0.1) is 24.8 Å². The maximum absolute atomic E-state index is 11.7. The highest BCUT2D eigenvalue weighted by atomic mass is 16.6. The summed E-state index contributed by atoms with van der Waals surface area (Å²) in [6.07, 6.45) is 1.33. The van der Waals surface area contributed by atoms with E-state index in [1.807, 2.05) is 31.2 Å². The second-order valence-corrected chi connectivity index (χ2v) is 5.20. The van der Waals surface area contributed by atoms with Gasteiger partial charge in [-0.1, -0.05) is 17.7 Å². The van der Waals surface area contributed by atoms with Gasteiger partial charge in [-0.15, -0.1) is 0 Å². The number of anilines is 1. The quantitative estimate of drug-likeness (QED) is 0.457. The molecule has 1 amide bonds. The van der Waals surface area contributed by atoms with Gasteiger partial charge in [-0.25, -0.2) is 5.43 Å². The van der Waals surface area contributed by atoms with E-state index in [-0.39, 0.29) is 23.9 Å². The number of carbonyl (C=O) groups excluding carboxylic acids is 1. The topological polar surface area (TPSA) is 106 Å². The van der Waals surface area contributed by atoms with Crippen molar-refractivity contribution >= 4 is 23.5 Å². The summed E-state index contributed by atoms with van der Waals surface area (Å²) in [5.41, 5.74) is 4.62. The molecule has 0 bridgehead atoms. The Kier molecular flexibility index (Phi) is 6.05. The smallest absolute Gasteiger partial charge is 0.311 e. The highest BCUT2D eigenvalue weighted by Gasteiger charge is 2.14. The van der Waals surface area contributed by atoms with Gasteiger partial charge in [0.2, 0.25) is 0 Å². The number of nitro benzene ring substituents is 1. The van der Waals surface area contributed by atoms with Crippen molar-refractivity contribution in [3.05, 3.63) is 63.7 Å². The number of hydrazone groups is 1. The van der Waals surface area contributed by atoms with Crippen LogP contribution in [-0.4, -0.2) is 30.7 Å². The molecule has 0 unspecified atom stereocenters. The summed E-state index contributed by atoms with van der Waals surface area (Å²) < 4.78 is 4.92. The predicted molar refractivity (Wildman–Crippen MR) is 95.1 cm³/mol. The fraction of sp³-hybridized carbons (Fsp3) is 0.176. The van der Waals surface area contributed by atoms with E-state index in [4.69, 9.17) is 4.74 Å². The Morgan fingerprint density at radius 2 is 2.00 bits per heavy atom. The highest BCUT2D eigenvalue weighted by Crippen LogP contribution is 2.26. The van der Waals surface area contributed by atoms with E-state index in [0.717, 1.165) is 11.3 Å². The lowest BCUT2D eigenvalue weighted by Crippen LogP contribution is -2.25. The zero-order valence-electron chi connectivity index (χ0n) is 13.9. The van der Waals surface area contributed by atoms with Crippen LogP contribution in [0.25, 0.3) is 0 Å². The maximum Gasteiger partial charge on any atom is 0.311 e. The van der Waals surface area contributed by atoms with Crippen LogP contribution < -0.4 is 15.5 Å². The number of nitrogens with one attached hydrogen (secondary N) is 2. The Morgan fingerprint density at radius 3 is 2.64 bits per heavy atom. The summed E-state index contributed by atoms with van der Waals surface area (Å²) in [5, 5.41) is 17.7. The van der Waals surface area contributed by atoms with Crippen LogP contribution in [-0.2, 0) is 4.79 Å². The molecule has 0 aliphatic rings. The van der Waals surface area contributed by atoms with Crippen LogP contribution >= 0.6 is 0 Å². The van der Waals surface area contributed by atoms with Gasteiger partial charge in [0.15, 0.2) is 5.75 Å². The van der Waals surface area contributed by atoms with Crippen LogP contribution in [0.3, 0.4) is 0 Å². The summed E-state index contributed by atoms with van der Waals surface area (Å²) >= 11 is 0. The van der Waals surface area contributed by atoms with Crippen molar-refractivity contribution in [2.45, 2.75) is 6.92 Å². The first-order chi connectivity index (χ1) is 12.0. The second kappa shape index (κ2) is 8.44. The molecule has 2 aromatic rings. The summed E-state index contributed by atoms with van der Waals surface area (Å²) in [7, 11) is 1.36. The van der Waals surface area contributed by atoms with Crippen molar-refractivity contribution in [2.24, 2.45) is 5.10 Å². The Balaban J connectivity index is 1.89. The van der Waals surface area contributed by atoms with E-state index >= 15 is 0 Å². The van der Waals surface area contributed by atoms with E-state index in [1.54, 1.807) is 6.07 Å². The zero-order valence-corrected chi connectivity index (χ0v) is 13.9. The monoisotopic (exact) mass is 342 g/mol. The number of carbonyl (C=O) groups is 1. The van der Waals surface area contributed by atoms with Gasteiger partial charge >= 0.3 is 5.69 Å². The van der Waals surface area contributed by atoms with Crippen molar-refractivity contribution in [1.82, 2.24) is 5.43 Å². The van der Waals surface area contributed by atoms with E-state index in [9.17, 15) is 14.9 Å². The van der Waals surface area contributed by atoms with Gasteiger partial charge < -0.3 is 10.1 Å². The molecule has 0 radical (unpaired) electrons. The van der Waals surface area contributed by atoms with Crippen molar-refractivity contribution < 1.29 is 14.5 Å². The summed E-state index contributed by atoms with van der Waals surface area (Å²) in [4.78, 5) is 22.2. The molecule has 0 aromatic heterocycles. The van der Waals surface area contributed by atoms with E-state index in [0.29, 0.717) is 5.56 Å². The molecule has 8 nitrogen and oxygen atoms in total. The average Bonchev–Trinajstić information content (AvgIpc) is 2.61. The van der Waals surface area contributed by atoms with Gasteiger partial charge in [0.1, 0.15) is 0 Å². The molecule has 0 atom stereocenters. The number of nitro groups is 1. The SMILES string of the molecule is COc1ccc(/C=N\NC(=O)CNc2ccc(C)cc2)cc1[N+](=O)[O-]. The Morgan fingerprint density at radius 1 is 1.28 bits per heavy atom. The van der Waals surface area contributed by atoms with Crippen molar-refractivity contribution in [1.29, 1.82) is 0 Å². The van der Waals surface area contributed by atoms with Crippen LogP contribution in [0.1, 0.15) is 11.1 Å². The molecule has 8 heteroatoms. The molecule has 130 valence electrons. The molecule has 2 N–H and O–H groups in total. The van der Waals surface area contributed by atoms with Crippen LogP contribution in [0.4, 0.5) is 11.4 Å². The van der Waals surface area contributed by atoms with Crippen LogP contribution in [0.15, 0.2) is 47.6 Å². The van der Waals surface area contributed by atoms with Crippen molar-refractivity contribution in [2.75, 3.05) is 19.0 Å². The van der Waals surface area contributed by atoms with Crippen molar-refractivity contribution in [3.8, 4) is 5.75 Å². The standard InChI is InChI=1S/C17H18N4O4/c1-12-3-6-14(7-4-12)18-11-17(22)20-19-10-13-5-8-16(25-2)15(9-13)21(23)24/h3-10,18H,11H2,1-2H3,(H,20,22)/b19-10-. The third kappa shape index (κ3) is 5.31. The lowest BCUT2D eigenvalue weighted by atomic mass is 10.2. The number of ether oxygens (including phenoxy) is 1. The normalized spacial score (nSPS) is 10.5. The molecule has 0 heterocycles. The van der Waals surface area contributed by atoms with E-state index in [2.05, 4.69) is 15.8 Å². The second-order valence-electron chi connectivity index (χ2n) is 5.20. The number of hydrogen-bond acceptors (Lipinski definition) is 6. The molecule has 0 fully saturated rings. The zero-order chi connectivity index (χ0) is 18.2. The molecule has 0 spiro atoms. The summed E-state index contributed by atoms with van der Waals surface area (Å²) in [5.74, 6) is -0.173. The molecule has 2 aromatic carbocycles. The van der Waals surface area contributed by atoms with Gasteiger partial charge in [-0.05, 0) is 31.2 Å². The number of benzene rings is 2. The van der Waals surface area contributed by atoms with Gasteiger partial charge in [-0.2, -0.15) is 5.10 Å². The molecule has 2 rings (SSSR count). The highest BCUT2D eigenvalue weighted by molar-refractivity contribution is 5.85. The molecule has 0 aliphatic heterocycles. The van der Waals surface area contributed by atoms with E-state index < -0.39 is 4.92 Å². The fourth-order valence-electron chi connectivity index (χ4n) is 2.00. The maximum atomic E-state index is 11.7. The largest absolute Gasteiger partial charge is 0.490 e. The van der Waals surface area contributed by atoms with Gasteiger partial charge in [-0.3, -0.25) is 14.9 Å². The third-order valence-electron chi connectivity index (χ3n) is 3.31. The van der Waals surface area contributed by atoms with Crippen molar-refractivity contribution in [3.63, 3.8) is 0 Å². The van der Waals surface area contributed by atoms with Gasteiger partial charge in [0, 0.05) is 17.3 Å². The molecule has 0 saturated heterocycles. The molecular formula is C17H18N4O4. The predicted octanol–water partition coefficient (Wildman–Crippen LogP) is 2.47. The first kappa shape index (κ1) is 17.9. The number of hydrogen-bond donors (Lipinski definition) is 2. The van der Waals surface area contributed by atoms with Crippen LogP contribution in [0.5, 0.6) is 5.75 Å². The minimum Gasteiger partial charge on any atom is -0.490 e. The number of nitrogens with zero attached hydrogens (tertiary/aromatic N) is 2. The fourth-order valence-corrected chi connectivity index (χ4v) is 2.00. The number of amides is 1.